The maximum absolute atomic E-state index is 10.9. The Kier molecular flexibility index (Phi) is 1.34. The summed E-state index contributed by atoms with van der Waals surface area (Å²) in [7, 11) is 0. The Hall–Kier alpha value is -0.630. The monoisotopic (exact) mass is 152 g/mol. The number of carbonyl (C=O) groups excluding carboxylic acids is 1. The lowest BCUT2D eigenvalue weighted by atomic mass is 9.83. The normalized spacial score (nSPS) is 24.4. The second-order valence-corrected chi connectivity index (χ2v) is 3.55. The van der Waals surface area contributed by atoms with Gasteiger partial charge in [0.15, 0.2) is 0 Å². The molecule has 10 heavy (non-hydrogen) atoms. The van der Waals surface area contributed by atoms with E-state index in [2.05, 4.69) is 0 Å². The van der Waals surface area contributed by atoms with Crippen molar-refractivity contribution in [2.24, 2.45) is 0 Å². The molecule has 0 aromatic carbocycles. The van der Waals surface area contributed by atoms with E-state index in [9.17, 15) is 4.79 Å². The largest absolute Gasteiger partial charge is 0.299 e. The van der Waals surface area contributed by atoms with Crippen molar-refractivity contribution in [3.63, 3.8) is 0 Å². The fraction of sp³-hybridized carbons (Fsp3) is 0.375. The molecule has 2 heteroatoms. The Bertz CT molecular complexity index is 238. The maximum Gasteiger partial charge on any atom is 0.141 e. The number of hydrogen-bond donors (Lipinski definition) is 0. The van der Waals surface area contributed by atoms with Gasteiger partial charge in [0.25, 0.3) is 0 Å². The predicted octanol–water partition coefficient (Wildman–Crippen LogP) is 2.19. The summed E-state index contributed by atoms with van der Waals surface area (Å²) in [5, 5.41) is 2.03. The van der Waals surface area contributed by atoms with Gasteiger partial charge >= 0.3 is 0 Å². The minimum atomic E-state index is 0.264. The highest BCUT2D eigenvalue weighted by Crippen LogP contribution is 2.35. The van der Waals surface area contributed by atoms with Gasteiger partial charge in [0.05, 0.1) is 5.92 Å². The van der Waals surface area contributed by atoms with Crippen molar-refractivity contribution < 1.29 is 4.79 Å². The van der Waals surface area contributed by atoms with Crippen LogP contribution in [0.25, 0.3) is 0 Å². The third-order valence-corrected chi connectivity index (χ3v) is 2.94. The first-order chi connectivity index (χ1) is 4.88. The highest BCUT2D eigenvalue weighted by atomic mass is 32.1. The predicted molar refractivity (Wildman–Crippen MR) is 41.3 cm³/mol. The van der Waals surface area contributed by atoms with Crippen molar-refractivity contribution in [3.05, 3.63) is 22.4 Å². The lowest BCUT2D eigenvalue weighted by molar-refractivity contribution is -0.125. The fourth-order valence-electron chi connectivity index (χ4n) is 1.20. The van der Waals surface area contributed by atoms with E-state index in [1.54, 1.807) is 11.3 Å². The summed E-state index contributed by atoms with van der Waals surface area (Å²) in [6.45, 7) is 0. The molecule has 0 spiro atoms. The second kappa shape index (κ2) is 2.20. The van der Waals surface area contributed by atoms with Gasteiger partial charge in [-0.1, -0.05) is 6.07 Å². The molecule has 52 valence electrons. The third-order valence-electron chi connectivity index (χ3n) is 1.95. The standard InChI is InChI=1S/C8H8OS/c9-7-4-3-6(7)8-2-1-5-10-8/h1-2,5-6H,3-4H2/t6-/m0/s1. The summed E-state index contributed by atoms with van der Waals surface area (Å²) in [5.74, 6) is 0.683. The highest BCUT2D eigenvalue weighted by Gasteiger charge is 2.29. The van der Waals surface area contributed by atoms with Crippen LogP contribution in [0.5, 0.6) is 0 Å². The lowest BCUT2D eigenvalue weighted by Gasteiger charge is -2.21. The van der Waals surface area contributed by atoms with Crippen LogP contribution in [0, 0.1) is 0 Å². The molecule has 0 bridgehead atoms. The van der Waals surface area contributed by atoms with E-state index in [1.807, 2.05) is 17.5 Å². The molecule has 1 heterocycles. The van der Waals surface area contributed by atoms with E-state index < -0.39 is 0 Å². The van der Waals surface area contributed by atoms with Crippen LogP contribution in [0.3, 0.4) is 0 Å². The van der Waals surface area contributed by atoms with Crippen LogP contribution in [-0.2, 0) is 4.79 Å². The van der Waals surface area contributed by atoms with Crippen LogP contribution in [0.4, 0.5) is 0 Å². The smallest absolute Gasteiger partial charge is 0.141 e. The SMILES string of the molecule is O=C1CC[C@@H]1c1cccs1. The first-order valence-corrected chi connectivity index (χ1v) is 4.32. The van der Waals surface area contributed by atoms with Gasteiger partial charge in [0, 0.05) is 11.3 Å². The van der Waals surface area contributed by atoms with Crippen LogP contribution in [-0.4, -0.2) is 5.78 Å². The van der Waals surface area contributed by atoms with E-state index >= 15 is 0 Å². The van der Waals surface area contributed by atoms with Gasteiger partial charge in [-0.25, -0.2) is 0 Å². The van der Waals surface area contributed by atoms with Crippen LogP contribution < -0.4 is 0 Å². The molecule has 0 unspecified atom stereocenters. The van der Waals surface area contributed by atoms with Gasteiger partial charge in [-0.15, -0.1) is 11.3 Å². The summed E-state index contributed by atoms with van der Waals surface area (Å²) in [6.07, 6.45) is 1.86. The van der Waals surface area contributed by atoms with Crippen molar-refractivity contribution in [2.45, 2.75) is 18.8 Å². The zero-order valence-corrected chi connectivity index (χ0v) is 6.36. The Morgan fingerprint density at radius 2 is 2.50 bits per heavy atom. The van der Waals surface area contributed by atoms with E-state index in [1.165, 1.54) is 4.88 Å². The van der Waals surface area contributed by atoms with E-state index in [4.69, 9.17) is 0 Å². The number of ketones is 1. The maximum atomic E-state index is 10.9. The molecular weight excluding hydrogens is 144 g/mol. The molecule has 0 N–H and O–H groups in total. The molecule has 1 atom stereocenters. The minimum absolute atomic E-state index is 0.264. The van der Waals surface area contributed by atoms with Crippen molar-refractivity contribution in [3.8, 4) is 0 Å². The van der Waals surface area contributed by atoms with Gasteiger partial charge in [-0.05, 0) is 17.9 Å². The molecule has 1 aromatic rings. The van der Waals surface area contributed by atoms with Gasteiger partial charge in [-0.2, -0.15) is 0 Å². The summed E-state index contributed by atoms with van der Waals surface area (Å²) < 4.78 is 0. The summed E-state index contributed by atoms with van der Waals surface area (Å²) in [4.78, 5) is 12.2. The van der Waals surface area contributed by atoms with Gasteiger partial charge < -0.3 is 0 Å². The van der Waals surface area contributed by atoms with Crippen LogP contribution >= 0.6 is 11.3 Å². The molecule has 2 rings (SSSR count). The van der Waals surface area contributed by atoms with Crippen molar-refractivity contribution in [2.75, 3.05) is 0 Å². The average Bonchev–Trinajstić information content (AvgIpc) is 2.37. The molecule has 1 nitrogen and oxygen atoms in total. The fourth-order valence-corrected chi connectivity index (χ4v) is 2.08. The summed E-state index contributed by atoms with van der Waals surface area (Å²) in [5.41, 5.74) is 0. The van der Waals surface area contributed by atoms with Gasteiger partial charge in [0.2, 0.25) is 0 Å². The van der Waals surface area contributed by atoms with Crippen LogP contribution in [0.2, 0.25) is 0 Å². The second-order valence-electron chi connectivity index (χ2n) is 2.57. The molecule has 0 amide bonds. The number of carbonyl (C=O) groups is 1. The van der Waals surface area contributed by atoms with Gasteiger partial charge in [0.1, 0.15) is 5.78 Å². The van der Waals surface area contributed by atoms with Gasteiger partial charge in [-0.3, -0.25) is 4.79 Å². The Morgan fingerprint density at radius 3 is 2.90 bits per heavy atom. The topological polar surface area (TPSA) is 17.1 Å². The van der Waals surface area contributed by atoms with Crippen molar-refractivity contribution >= 4 is 17.1 Å². The zero-order valence-electron chi connectivity index (χ0n) is 5.54. The van der Waals surface area contributed by atoms with Crippen molar-refractivity contribution in [1.29, 1.82) is 0 Å². The summed E-state index contributed by atoms with van der Waals surface area (Å²) >= 11 is 1.69. The Labute approximate surface area is 63.7 Å². The average molecular weight is 152 g/mol. The first-order valence-electron chi connectivity index (χ1n) is 3.44. The number of Topliss-reactive ketones (excluding diaryl/α,β-unsaturated/α-hetero) is 1. The van der Waals surface area contributed by atoms with Crippen molar-refractivity contribution in [1.82, 2.24) is 0 Å². The molecule has 0 aliphatic heterocycles. The minimum Gasteiger partial charge on any atom is -0.299 e. The molecule has 1 aromatic heterocycles. The number of hydrogen-bond acceptors (Lipinski definition) is 2. The Morgan fingerprint density at radius 1 is 1.60 bits per heavy atom. The number of thiophene rings is 1. The van der Waals surface area contributed by atoms with Crippen LogP contribution in [0.15, 0.2) is 17.5 Å². The van der Waals surface area contributed by atoms with E-state index in [0.717, 1.165) is 12.8 Å². The molecule has 1 aliphatic carbocycles. The molecule has 0 saturated heterocycles. The molecule has 1 aliphatic rings. The Balaban J connectivity index is 2.21. The third kappa shape index (κ3) is 0.797. The summed E-state index contributed by atoms with van der Waals surface area (Å²) in [6, 6.07) is 4.05. The van der Waals surface area contributed by atoms with Crippen LogP contribution in [0.1, 0.15) is 23.6 Å². The highest BCUT2D eigenvalue weighted by molar-refractivity contribution is 7.10. The first kappa shape index (κ1) is 6.10. The lowest BCUT2D eigenvalue weighted by Crippen LogP contribution is -2.21. The van der Waals surface area contributed by atoms with E-state index in [-0.39, 0.29) is 5.92 Å². The quantitative estimate of drug-likeness (QED) is 0.603. The molecule has 1 fully saturated rings. The molecule has 0 radical (unpaired) electrons. The zero-order chi connectivity index (χ0) is 6.97. The molecule has 1 saturated carbocycles. The molecular formula is C8H8OS. The van der Waals surface area contributed by atoms with E-state index in [0.29, 0.717) is 5.78 Å². The number of rotatable bonds is 1.